The van der Waals surface area contributed by atoms with Gasteiger partial charge in [0.05, 0.1) is 11.1 Å². The Hall–Kier alpha value is -1.62. The number of carboxylic acid groups (broad SMARTS) is 1. The molecule has 0 heterocycles. The van der Waals surface area contributed by atoms with E-state index in [2.05, 4.69) is 0 Å². The number of carboxylic acids is 1. The van der Waals surface area contributed by atoms with E-state index in [1.165, 1.54) is 19.1 Å². The molecule has 0 aliphatic carbocycles. The zero-order chi connectivity index (χ0) is 13.2. The van der Waals surface area contributed by atoms with Crippen molar-refractivity contribution < 1.29 is 19.1 Å². The second-order valence-corrected chi connectivity index (χ2v) is 9.22. The lowest BCUT2D eigenvalue weighted by Crippen LogP contribution is -2.30. The van der Waals surface area contributed by atoms with Crippen LogP contribution in [0.15, 0.2) is 18.2 Å². The Bertz CT molecular complexity index is 460. The summed E-state index contributed by atoms with van der Waals surface area (Å²) < 4.78 is 5.75. The predicted octanol–water partition coefficient (Wildman–Crippen LogP) is 2.80. The van der Waals surface area contributed by atoms with Gasteiger partial charge in [-0.2, -0.15) is 0 Å². The molecule has 1 rings (SSSR count). The van der Waals surface area contributed by atoms with Crippen molar-refractivity contribution in [3.8, 4) is 5.75 Å². The molecule has 0 spiro atoms. The van der Waals surface area contributed by atoms with E-state index in [0.717, 1.165) is 0 Å². The Morgan fingerprint density at radius 2 is 1.82 bits per heavy atom. The van der Waals surface area contributed by atoms with E-state index in [1.807, 2.05) is 19.6 Å². The standard InChI is InChI=1S/C12H16O4Si/c1-8(13)10-7-9(12(14)15)5-6-11(10)16-17(2,3)4/h5-7H,1-4H3,(H,14,15). The minimum Gasteiger partial charge on any atom is -0.544 e. The van der Waals surface area contributed by atoms with Crippen LogP contribution in [0, 0.1) is 0 Å². The molecule has 0 amide bonds. The van der Waals surface area contributed by atoms with Crippen LogP contribution in [0.25, 0.3) is 0 Å². The molecule has 1 N–H and O–H groups in total. The van der Waals surface area contributed by atoms with Crippen LogP contribution < -0.4 is 4.43 Å². The number of rotatable bonds is 4. The lowest BCUT2D eigenvalue weighted by atomic mass is 10.1. The third-order valence-electron chi connectivity index (χ3n) is 2.02. The van der Waals surface area contributed by atoms with Crippen LogP contribution >= 0.6 is 0 Å². The zero-order valence-corrected chi connectivity index (χ0v) is 11.4. The maximum Gasteiger partial charge on any atom is 0.335 e. The van der Waals surface area contributed by atoms with Gasteiger partial charge in [0.25, 0.3) is 0 Å². The highest BCUT2D eigenvalue weighted by molar-refractivity contribution is 6.70. The van der Waals surface area contributed by atoms with Gasteiger partial charge in [-0.1, -0.05) is 0 Å². The third kappa shape index (κ3) is 3.71. The number of hydrogen-bond donors (Lipinski definition) is 1. The van der Waals surface area contributed by atoms with Crippen molar-refractivity contribution in [1.29, 1.82) is 0 Å². The van der Waals surface area contributed by atoms with E-state index in [1.54, 1.807) is 6.07 Å². The fourth-order valence-electron chi connectivity index (χ4n) is 1.36. The summed E-state index contributed by atoms with van der Waals surface area (Å²) in [6.45, 7) is 7.41. The van der Waals surface area contributed by atoms with Crippen LogP contribution in [0.5, 0.6) is 5.75 Å². The van der Waals surface area contributed by atoms with E-state index in [4.69, 9.17) is 9.53 Å². The monoisotopic (exact) mass is 252 g/mol. The minimum absolute atomic E-state index is 0.0955. The summed E-state index contributed by atoms with van der Waals surface area (Å²) >= 11 is 0. The average molecular weight is 252 g/mol. The van der Waals surface area contributed by atoms with Crippen molar-refractivity contribution in [3.63, 3.8) is 0 Å². The van der Waals surface area contributed by atoms with Crippen molar-refractivity contribution in [3.05, 3.63) is 29.3 Å². The van der Waals surface area contributed by atoms with Gasteiger partial charge in [-0.3, -0.25) is 4.79 Å². The van der Waals surface area contributed by atoms with Crippen molar-refractivity contribution in [2.45, 2.75) is 26.6 Å². The number of Topliss-reactive ketones (excluding diaryl/α,β-unsaturated/α-hetero) is 1. The molecule has 0 unspecified atom stereocenters. The van der Waals surface area contributed by atoms with Crippen LogP contribution in [0.3, 0.4) is 0 Å². The van der Waals surface area contributed by atoms with Crippen LogP contribution in [0.4, 0.5) is 0 Å². The van der Waals surface area contributed by atoms with Gasteiger partial charge < -0.3 is 9.53 Å². The second-order valence-electron chi connectivity index (χ2n) is 4.79. The lowest BCUT2D eigenvalue weighted by molar-refractivity contribution is 0.0697. The molecule has 4 nitrogen and oxygen atoms in total. The molecule has 1 aromatic rings. The first-order chi connectivity index (χ1) is 7.70. The average Bonchev–Trinajstić information content (AvgIpc) is 2.14. The Morgan fingerprint density at radius 1 is 1.24 bits per heavy atom. The topological polar surface area (TPSA) is 63.6 Å². The summed E-state index contributed by atoms with van der Waals surface area (Å²) in [4.78, 5) is 22.3. The molecule has 0 saturated heterocycles. The van der Waals surface area contributed by atoms with Gasteiger partial charge in [0.1, 0.15) is 5.75 Å². The quantitative estimate of drug-likeness (QED) is 0.661. The second kappa shape index (κ2) is 4.71. The van der Waals surface area contributed by atoms with Gasteiger partial charge in [0, 0.05) is 0 Å². The number of carbonyl (C=O) groups excluding carboxylic acids is 1. The highest BCUT2D eigenvalue weighted by Crippen LogP contribution is 2.24. The van der Waals surface area contributed by atoms with E-state index >= 15 is 0 Å². The maximum atomic E-state index is 11.5. The number of carbonyl (C=O) groups is 2. The fourth-order valence-corrected chi connectivity index (χ4v) is 2.19. The molecular weight excluding hydrogens is 236 g/mol. The number of benzene rings is 1. The highest BCUT2D eigenvalue weighted by atomic mass is 28.4. The molecule has 0 atom stereocenters. The number of aromatic carboxylic acids is 1. The molecule has 92 valence electrons. The lowest BCUT2D eigenvalue weighted by Gasteiger charge is -2.21. The largest absolute Gasteiger partial charge is 0.544 e. The third-order valence-corrected chi connectivity index (χ3v) is 2.85. The SMILES string of the molecule is CC(=O)c1cc(C(=O)O)ccc1O[Si](C)(C)C. The normalized spacial score (nSPS) is 11.1. The summed E-state index contributed by atoms with van der Waals surface area (Å²) in [6.07, 6.45) is 0. The molecule has 17 heavy (non-hydrogen) atoms. The van der Waals surface area contributed by atoms with E-state index in [9.17, 15) is 9.59 Å². The van der Waals surface area contributed by atoms with Crippen LogP contribution in [-0.2, 0) is 0 Å². The summed E-state index contributed by atoms with van der Waals surface area (Å²) in [6, 6.07) is 4.36. The van der Waals surface area contributed by atoms with Crippen LogP contribution in [0.1, 0.15) is 27.6 Å². The first kappa shape index (κ1) is 13.4. The van der Waals surface area contributed by atoms with Gasteiger partial charge >= 0.3 is 5.97 Å². The Kier molecular flexibility index (Phi) is 3.72. The molecule has 0 radical (unpaired) electrons. The Morgan fingerprint density at radius 3 is 2.24 bits per heavy atom. The van der Waals surface area contributed by atoms with Gasteiger partial charge in [-0.25, -0.2) is 4.79 Å². The summed E-state index contributed by atoms with van der Waals surface area (Å²) in [7, 11) is -1.82. The molecule has 0 fully saturated rings. The van der Waals surface area contributed by atoms with Crippen molar-refractivity contribution >= 4 is 20.1 Å². The first-order valence-electron chi connectivity index (χ1n) is 5.28. The summed E-state index contributed by atoms with van der Waals surface area (Å²) in [5.74, 6) is -0.768. The number of ketones is 1. The van der Waals surface area contributed by atoms with E-state index in [0.29, 0.717) is 11.3 Å². The first-order valence-corrected chi connectivity index (χ1v) is 8.69. The van der Waals surface area contributed by atoms with Crippen LogP contribution in [-0.4, -0.2) is 25.2 Å². The van der Waals surface area contributed by atoms with Gasteiger partial charge in [0.2, 0.25) is 8.32 Å². The highest BCUT2D eigenvalue weighted by Gasteiger charge is 2.20. The molecular formula is C12H16O4Si. The summed E-state index contributed by atoms with van der Waals surface area (Å²) in [5, 5.41) is 8.87. The van der Waals surface area contributed by atoms with Crippen LogP contribution in [0.2, 0.25) is 19.6 Å². The molecule has 0 aromatic heterocycles. The van der Waals surface area contributed by atoms with Gasteiger partial charge in [-0.15, -0.1) is 0 Å². The van der Waals surface area contributed by atoms with Crippen molar-refractivity contribution in [2.24, 2.45) is 0 Å². The van der Waals surface area contributed by atoms with Crippen molar-refractivity contribution in [1.82, 2.24) is 0 Å². The fraction of sp³-hybridized carbons (Fsp3) is 0.333. The molecule has 0 saturated carbocycles. The number of hydrogen-bond acceptors (Lipinski definition) is 3. The zero-order valence-electron chi connectivity index (χ0n) is 10.4. The molecule has 0 bridgehead atoms. The predicted molar refractivity (Wildman–Crippen MR) is 67.4 cm³/mol. The maximum absolute atomic E-state index is 11.5. The Labute approximate surface area is 101 Å². The van der Waals surface area contributed by atoms with E-state index in [-0.39, 0.29) is 11.3 Å². The molecule has 0 aliphatic heterocycles. The van der Waals surface area contributed by atoms with Gasteiger partial charge in [-0.05, 0) is 44.8 Å². The minimum atomic E-state index is -1.82. The smallest absolute Gasteiger partial charge is 0.335 e. The summed E-state index contributed by atoms with van der Waals surface area (Å²) in [5.41, 5.74) is 0.422. The van der Waals surface area contributed by atoms with Crippen molar-refractivity contribution in [2.75, 3.05) is 0 Å². The molecule has 5 heteroatoms. The molecule has 0 aliphatic rings. The van der Waals surface area contributed by atoms with Gasteiger partial charge in [0.15, 0.2) is 5.78 Å². The van der Waals surface area contributed by atoms with E-state index < -0.39 is 14.3 Å². The Balaban J connectivity index is 3.23. The molecule has 1 aromatic carbocycles.